The smallest absolute Gasteiger partial charge is 0.418 e. The van der Waals surface area contributed by atoms with E-state index in [0.717, 1.165) is 11.4 Å². The van der Waals surface area contributed by atoms with Crippen LogP contribution < -0.4 is 10.7 Å². The standard InChI is InChI=1S/C23H17N.C7H7NO.BF4/c1-4-10-18(11-5-1)21-16-22(19-12-6-2-7-13-19)24-23(17-21)20-14-8-3-9-15-20;8-7(9)6-4-2-1-3-5-6;2-1(3,4)5/h1-17H;1-5H,(H2,8,9);/q;;-1/p+1. The second-order valence-corrected chi connectivity index (χ2v) is 8.02. The molecule has 0 saturated heterocycles. The SMILES string of the molecule is F[B-](F)(F)F.NC(=O)c1ccccc1.c1ccc(-c2cc(-c3ccccc3)[nH+]c(-c3ccccc3)c2)cc1. The van der Waals surface area contributed by atoms with E-state index in [-0.39, 0.29) is 5.91 Å². The van der Waals surface area contributed by atoms with Crippen molar-refractivity contribution < 1.29 is 27.0 Å². The van der Waals surface area contributed by atoms with Crippen LogP contribution in [0.25, 0.3) is 33.6 Å². The fourth-order valence-electron chi connectivity index (χ4n) is 3.52. The Morgan fingerprint density at radius 3 is 1.16 bits per heavy atom. The summed E-state index contributed by atoms with van der Waals surface area (Å²) in [4.78, 5) is 14.0. The van der Waals surface area contributed by atoms with E-state index in [1.54, 1.807) is 24.3 Å². The van der Waals surface area contributed by atoms with Crippen LogP contribution in [0.1, 0.15) is 10.4 Å². The number of pyridine rings is 1. The van der Waals surface area contributed by atoms with E-state index in [2.05, 4.69) is 96.0 Å². The van der Waals surface area contributed by atoms with Gasteiger partial charge in [0.2, 0.25) is 17.3 Å². The molecule has 1 aromatic heterocycles. The number of H-pyrrole nitrogens is 1. The molecule has 0 unspecified atom stereocenters. The van der Waals surface area contributed by atoms with Crippen molar-refractivity contribution in [3.05, 3.63) is 139 Å². The monoisotopic (exact) mass is 516 g/mol. The van der Waals surface area contributed by atoms with Crippen LogP contribution in [-0.2, 0) is 0 Å². The Balaban J connectivity index is 0.000000236. The summed E-state index contributed by atoms with van der Waals surface area (Å²) < 4.78 is 39.0. The number of aromatic amines is 1. The number of hydrogen-bond donors (Lipinski definition) is 1. The quantitative estimate of drug-likeness (QED) is 0.194. The van der Waals surface area contributed by atoms with Gasteiger partial charge in [0.05, 0.1) is 0 Å². The molecule has 0 aliphatic carbocycles. The van der Waals surface area contributed by atoms with Gasteiger partial charge in [-0.05, 0) is 47.5 Å². The normalized spacial score (nSPS) is 10.3. The van der Waals surface area contributed by atoms with Gasteiger partial charge in [-0.1, -0.05) is 84.9 Å². The topological polar surface area (TPSA) is 57.2 Å². The Hall–Kier alpha value is -4.72. The van der Waals surface area contributed by atoms with E-state index < -0.39 is 7.25 Å². The molecule has 0 bridgehead atoms. The lowest BCUT2D eigenvalue weighted by Crippen LogP contribution is -2.11. The molecule has 38 heavy (non-hydrogen) atoms. The molecule has 1 heterocycles. The van der Waals surface area contributed by atoms with Crippen molar-refractivity contribution in [2.45, 2.75) is 0 Å². The minimum Gasteiger partial charge on any atom is -0.418 e. The number of nitrogens with one attached hydrogen (secondary N) is 1. The summed E-state index contributed by atoms with van der Waals surface area (Å²) in [6.07, 6.45) is 0. The average Bonchev–Trinajstić information content (AvgIpc) is 2.94. The third kappa shape index (κ3) is 9.39. The Labute approximate surface area is 218 Å². The van der Waals surface area contributed by atoms with Crippen LogP contribution in [0.15, 0.2) is 133 Å². The molecule has 5 aromatic rings. The van der Waals surface area contributed by atoms with Gasteiger partial charge in [0.1, 0.15) is 0 Å². The molecule has 4 aromatic carbocycles. The number of aromatic nitrogens is 1. The van der Waals surface area contributed by atoms with E-state index in [0.29, 0.717) is 5.56 Å². The van der Waals surface area contributed by atoms with Crippen molar-refractivity contribution in [2.75, 3.05) is 0 Å². The number of carbonyl (C=O) groups excluding carboxylic acids is 1. The predicted octanol–water partition coefficient (Wildman–Crippen LogP) is 7.59. The van der Waals surface area contributed by atoms with Crippen molar-refractivity contribution in [1.82, 2.24) is 0 Å². The van der Waals surface area contributed by atoms with E-state index in [9.17, 15) is 22.1 Å². The van der Waals surface area contributed by atoms with Gasteiger partial charge in [0, 0.05) is 28.8 Å². The van der Waals surface area contributed by atoms with Gasteiger partial charge in [-0.2, -0.15) is 0 Å². The number of amides is 1. The van der Waals surface area contributed by atoms with Crippen LogP contribution in [0.3, 0.4) is 0 Å². The number of halogens is 4. The molecule has 0 radical (unpaired) electrons. The van der Waals surface area contributed by atoms with Crippen LogP contribution in [-0.4, -0.2) is 13.2 Å². The fourth-order valence-corrected chi connectivity index (χ4v) is 3.52. The Morgan fingerprint density at radius 1 is 0.526 bits per heavy atom. The molecule has 0 saturated carbocycles. The summed E-state index contributed by atoms with van der Waals surface area (Å²) in [5.41, 5.74) is 12.6. The van der Waals surface area contributed by atoms with Crippen molar-refractivity contribution in [3.63, 3.8) is 0 Å². The number of hydrogen-bond acceptors (Lipinski definition) is 1. The van der Waals surface area contributed by atoms with Crippen LogP contribution >= 0.6 is 0 Å². The molecule has 8 heteroatoms. The number of carbonyl (C=O) groups is 1. The Morgan fingerprint density at radius 2 is 0.842 bits per heavy atom. The first-order chi connectivity index (χ1) is 18.2. The highest BCUT2D eigenvalue weighted by atomic mass is 19.5. The van der Waals surface area contributed by atoms with Gasteiger partial charge >= 0.3 is 7.25 Å². The molecule has 1 amide bonds. The summed E-state index contributed by atoms with van der Waals surface area (Å²) in [7, 11) is -6.00. The van der Waals surface area contributed by atoms with E-state index in [1.165, 1.54) is 22.3 Å². The summed E-state index contributed by atoms with van der Waals surface area (Å²) in [6, 6.07) is 44.6. The lowest BCUT2D eigenvalue weighted by Gasteiger charge is -2.05. The highest BCUT2D eigenvalue weighted by Gasteiger charge is 2.20. The molecule has 0 atom stereocenters. The summed E-state index contributed by atoms with van der Waals surface area (Å²) in [5.74, 6) is -0.379. The zero-order chi connectivity index (χ0) is 27.4. The van der Waals surface area contributed by atoms with Gasteiger partial charge < -0.3 is 23.0 Å². The van der Waals surface area contributed by atoms with Crippen molar-refractivity contribution in [3.8, 4) is 33.6 Å². The van der Waals surface area contributed by atoms with Crippen LogP contribution in [0.2, 0.25) is 0 Å². The van der Waals surface area contributed by atoms with Crippen LogP contribution in [0.4, 0.5) is 17.3 Å². The first-order valence-corrected chi connectivity index (χ1v) is 11.7. The lowest BCUT2D eigenvalue weighted by atomic mass is 10.00. The second kappa shape index (κ2) is 13.6. The molecule has 3 N–H and O–H groups in total. The minimum atomic E-state index is -6.00. The maximum atomic E-state index is 10.4. The van der Waals surface area contributed by atoms with Crippen molar-refractivity contribution in [1.29, 1.82) is 0 Å². The van der Waals surface area contributed by atoms with Gasteiger partial charge in [0.15, 0.2) is 0 Å². The molecule has 0 aliphatic heterocycles. The van der Waals surface area contributed by atoms with Crippen LogP contribution in [0, 0.1) is 0 Å². The molecule has 0 aliphatic rings. The summed E-state index contributed by atoms with van der Waals surface area (Å²) in [5, 5.41) is 0. The van der Waals surface area contributed by atoms with Gasteiger partial charge in [-0.15, -0.1) is 0 Å². The third-order valence-electron chi connectivity index (χ3n) is 5.20. The Bertz CT molecular complexity index is 1270. The first kappa shape index (κ1) is 27.9. The third-order valence-corrected chi connectivity index (χ3v) is 5.20. The first-order valence-electron chi connectivity index (χ1n) is 11.7. The molecule has 3 nitrogen and oxygen atoms in total. The maximum absolute atomic E-state index is 10.4. The summed E-state index contributed by atoms with van der Waals surface area (Å²) in [6.45, 7) is 0. The zero-order valence-electron chi connectivity index (χ0n) is 20.3. The van der Waals surface area contributed by atoms with Crippen LogP contribution in [0.5, 0.6) is 0 Å². The van der Waals surface area contributed by atoms with E-state index in [4.69, 9.17) is 5.73 Å². The number of nitrogens with two attached hydrogens (primary N) is 1. The maximum Gasteiger partial charge on any atom is 0.673 e. The van der Waals surface area contributed by atoms with Gasteiger partial charge in [0.25, 0.3) is 0 Å². The van der Waals surface area contributed by atoms with Crippen molar-refractivity contribution >= 4 is 13.2 Å². The van der Waals surface area contributed by atoms with Gasteiger partial charge in [-0.3, -0.25) is 4.79 Å². The van der Waals surface area contributed by atoms with Gasteiger partial charge in [-0.25, -0.2) is 4.98 Å². The average molecular weight is 516 g/mol. The molecule has 0 fully saturated rings. The number of benzene rings is 4. The molecular weight excluding hydrogens is 491 g/mol. The largest absolute Gasteiger partial charge is 0.673 e. The fraction of sp³-hybridized carbons (Fsp3) is 0. The predicted molar refractivity (Wildman–Crippen MR) is 144 cm³/mol. The molecule has 192 valence electrons. The summed E-state index contributed by atoms with van der Waals surface area (Å²) >= 11 is 0. The lowest BCUT2D eigenvalue weighted by molar-refractivity contribution is -0.351. The molecule has 0 spiro atoms. The minimum absolute atomic E-state index is 0.379. The van der Waals surface area contributed by atoms with E-state index >= 15 is 0 Å². The Kier molecular flexibility index (Phi) is 9.94. The number of rotatable bonds is 4. The second-order valence-electron chi connectivity index (χ2n) is 8.02. The highest BCUT2D eigenvalue weighted by Crippen LogP contribution is 2.27. The van der Waals surface area contributed by atoms with Crippen molar-refractivity contribution in [2.24, 2.45) is 5.73 Å². The number of primary amides is 1. The molecular formula is C30H25BF4N2O. The molecule has 5 rings (SSSR count). The zero-order valence-corrected chi connectivity index (χ0v) is 20.3. The highest BCUT2D eigenvalue weighted by molar-refractivity contribution is 6.50. The van der Waals surface area contributed by atoms with E-state index in [1.807, 2.05) is 18.2 Å².